The first kappa shape index (κ1) is 14.9. The highest BCUT2D eigenvalue weighted by Crippen LogP contribution is 2.44. The lowest BCUT2D eigenvalue weighted by Crippen LogP contribution is -2.42. The number of hydrogen-bond donors (Lipinski definition) is 1. The van der Waals surface area contributed by atoms with Crippen LogP contribution in [0, 0.1) is 18.3 Å². The van der Waals surface area contributed by atoms with Crippen molar-refractivity contribution in [2.24, 2.45) is 17.1 Å². The minimum atomic E-state index is 0.265. The average molecular weight is 282 g/mol. The summed E-state index contributed by atoms with van der Waals surface area (Å²) in [6, 6.07) is 0.265. The van der Waals surface area contributed by atoms with Crippen LogP contribution in [0.1, 0.15) is 52.1 Å². The minimum absolute atomic E-state index is 0.265. The van der Waals surface area contributed by atoms with Gasteiger partial charge >= 0.3 is 0 Å². The summed E-state index contributed by atoms with van der Waals surface area (Å²) in [5.74, 6) is 0.755. The number of aryl methyl sites for hydroxylation is 1. The Hall–Kier alpha value is -0.480. The van der Waals surface area contributed by atoms with Gasteiger partial charge in [-0.15, -0.1) is 0 Å². The molecule has 0 bridgehead atoms. The maximum Gasteiger partial charge on any atom is 0.256 e. The molecule has 0 aromatic carbocycles. The standard InChI is InChI=1S/C15H26N2OS/c1-5-15(3,4)11-6-7-12(16)13(8-11)19-14-17-10(2)9-18-14/h9,11-13H,5-8,16H2,1-4H3. The molecular formula is C15H26N2OS. The number of oxazole rings is 1. The first-order valence-corrected chi connectivity index (χ1v) is 8.14. The minimum Gasteiger partial charge on any atom is -0.440 e. The van der Waals surface area contributed by atoms with Gasteiger partial charge in [0.05, 0.1) is 5.69 Å². The summed E-state index contributed by atoms with van der Waals surface area (Å²) >= 11 is 1.72. The molecular weight excluding hydrogens is 256 g/mol. The third-order valence-corrected chi connectivity index (χ3v) is 5.94. The van der Waals surface area contributed by atoms with Crippen molar-refractivity contribution in [1.82, 2.24) is 4.98 Å². The largest absolute Gasteiger partial charge is 0.440 e. The molecule has 1 aromatic rings. The van der Waals surface area contributed by atoms with Gasteiger partial charge in [-0.25, -0.2) is 4.98 Å². The molecule has 0 amide bonds. The zero-order valence-corrected chi connectivity index (χ0v) is 13.3. The van der Waals surface area contributed by atoms with Gasteiger partial charge in [0.1, 0.15) is 6.26 Å². The topological polar surface area (TPSA) is 52.0 Å². The van der Waals surface area contributed by atoms with E-state index in [1.807, 2.05) is 6.92 Å². The fraction of sp³-hybridized carbons (Fsp3) is 0.800. The number of aromatic nitrogens is 1. The molecule has 1 saturated carbocycles. The molecule has 19 heavy (non-hydrogen) atoms. The SMILES string of the molecule is CCC(C)(C)C1CCC(N)C(Sc2nc(C)co2)C1. The molecule has 0 aliphatic heterocycles. The third-order valence-electron chi connectivity index (χ3n) is 4.71. The summed E-state index contributed by atoms with van der Waals surface area (Å²) in [5, 5.41) is 1.20. The second-order valence-corrected chi connectivity index (χ2v) is 7.62. The zero-order chi connectivity index (χ0) is 14.0. The number of nitrogens with two attached hydrogens (primary N) is 1. The highest BCUT2D eigenvalue weighted by Gasteiger charge is 2.36. The fourth-order valence-electron chi connectivity index (χ4n) is 2.80. The van der Waals surface area contributed by atoms with Crippen molar-refractivity contribution in [2.45, 2.75) is 69.9 Å². The van der Waals surface area contributed by atoms with Gasteiger partial charge in [-0.05, 0) is 37.5 Å². The molecule has 3 atom stereocenters. The van der Waals surface area contributed by atoms with Crippen LogP contribution in [0.2, 0.25) is 0 Å². The number of thioether (sulfide) groups is 1. The van der Waals surface area contributed by atoms with Crippen molar-refractivity contribution >= 4 is 11.8 Å². The molecule has 1 fully saturated rings. The fourth-order valence-corrected chi connectivity index (χ4v) is 4.00. The molecule has 3 unspecified atom stereocenters. The van der Waals surface area contributed by atoms with Crippen LogP contribution in [0.15, 0.2) is 15.9 Å². The predicted molar refractivity (Wildman–Crippen MR) is 80.3 cm³/mol. The Morgan fingerprint density at radius 3 is 2.79 bits per heavy atom. The van der Waals surface area contributed by atoms with Crippen LogP contribution in [0.5, 0.6) is 0 Å². The van der Waals surface area contributed by atoms with Crippen molar-refractivity contribution in [2.75, 3.05) is 0 Å². The Morgan fingerprint density at radius 2 is 2.21 bits per heavy atom. The summed E-state index contributed by atoms with van der Waals surface area (Å²) in [6.45, 7) is 9.00. The maximum absolute atomic E-state index is 6.29. The molecule has 108 valence electrons. The van der Waals surface area contributed by atoms with Gasteiger partial charge in [-0.3, -0.25) is 0 Å². The first-order valence-electron chi connectivity index (χ1n) is 7.26. The number of hydrogen-bond acceptors (Lipinski definition) is 4. The molecule has 1 heterocycles. The summed E-state index contributed by atoms with van der Waals surface area (Å²) in [6.07, 6.45) is 6.48. The highest BCUT2D eigenvalue weighted by molar-refractivity contribution is 7.99. The van der Waals surface area contributed by atoms with Gasteiger partial charge in [-0.2, -0.15) is 0 Å². The van der Waals surface area contributed by atoms with Gasteiger partial charge in [0.2, 0.25) is 0 Å². The smallest absolute Gasteiger partial charge is 0.256 e. The second kappa shape index (κ2) is 5.88. The van der Waals surface area contributed by atoms with Crippen molar-refractivity contribution in [1.29, 1.82) is 0 Å². The first-order chi connectivity index (χ1) is 8.92. The molecule has 0 radical (unpaired) electrons. The molecule has 0 saturated heterocycles. The van der Waals surface area contributed by atoms with Gasteiger partial charge < -0.3 is 10.2 Å². The van der Waals surface area contributed by atoms with E-state index >= 15 is 0 Å². The van der Waals surface area contributed by atoms with E-state index in [2.05, 4.69) is 25.8 Å². The van der Waals surface area contributed by atoms with E-state index in [1.54, 1.807) is 18.0 Å². The Labute approximate surface area is 120 Å². The van der Waals surface area contributed by atoms with Crippen LogP contribution < -0.4 is 5.73 Å². The number of nitrogens with zero attached hydrogens (tertiary/aromatic N) is 1. The van der Waals surface area contributed by atoms with E-state index in [4.69, 9.17) is 10.2 Å². The monoisotopic (exact) mass is 282 g/mol. The number of rotatable bonds is 4. The highest BCUT2D eigenvalue weighted by atomic mass is 32.2. The van der Waals surface area contributed by atoms with Crippen LogP contribution in [-0.4, -0.2) is 16.3 Å². The van der Waals surface area contributed by atoms with Crippen LogP contribution in [-0.2, 0) is 0 Å². The molecule has 0 spiro atoms. The Kier molecular flexibility index (Phi) is 4.62. The Bertz CT molecular complexity index is 416. The molecule has 1 aromatic heterocycles. The average Bonchev–Trinajstić information content (AvgIpc) is 2.77. The summed E-state index contributed by atoms with van der Waals surface area (Å²) in [4.78, 5) is 4.39. The zero-order valence-electron chi connectivity index (χ0n) is 12.5. The van der Waals surface area contributed by atoms with Crippen LogP contribution in [0.25, 0.3) is 0 Å². The maximum atomic E-state index is 6.29. The van der Waals surface area contributed by atoms with Crippen LogP contribution in [0.4, 0.5) is 0 Å². The van der Waals surface area contributed by atoms with Crippen LogP contribution in [0.3, 0.4) is 0 Å². The molecule has 3 nitrogen and oxygen atoms in total. The molecule has 1 aliphatic carbocycles. The quantitative estimate of drug-likeness (QED) is 0.906. The molecule has 4 heteroatoms. The van der Waals surface area contributed by atoms with Crippen molar-refractivity contribution in [3.05, 3.63) is 12.0 Å². The normalized spacial score (nSPS) is 28.6. The van der Waals surface area contributed by atoms with Crippen LogP contribution >= 0.6 is 11.8 Å². The molecule has 2 rings (SSSR count). The summed E-state index contributed by atoms with van der Waals surface area (Å²) in [7, 11) is 0. The Morgan fingerprint density at radius 1 is 1.47 bits per heavy atom. The van der Waals surface area contributed by atoms with E-state index in [0.717, 1.165) is 23.3 Å². The van der Waals surface area contributed by atoms with E-state index < -0.39 is 0 Å². The lowest BCUT2D eigenvalue weighted by Gasteiger charge is -2.41. The summed E-state index contributed by atoms with van der Waals surface area (Å²) < 4.78 is 5.46. The van der Waals surface area contributed by atoms with Gasteiger partial charge in [0.25, 0.3) is 5.22 Å². The molecule has 1 aliphatic rings. The van der Waals surface area contributed by atoms with Crippen molar-refractivity contribution < 1.29 is 4.42 Å². The predicted octanol–water partition coefficient (Wildman–Crippen LogP) is 4.01. The molecule has 2 N–H and O–H groups in total. The third kappa shape index (κ3) is 3.54. The van der Waals surface area contributed by atoms with Crippen molar-refractivity contribution in [3.8, 4) is 0 Å². The second-order valence-electron chi connectivity index (χ2n) is 6.43. The summed E-state index contributed by atoms with van der Waals surface area (Å²) in [5.41, 5.74) is 7.64. The lowest BCUT2D eigenvalue weighted by atomic mass is 9.69. The van der Waals surface area contributed by atoms with Gasteiger partial charge in [0, 0.05) is 11.3 Å². The lowest BCUT2D eigenvalue weighted by molar-refractivity contribution is 0.148. The Balaban J connectivity index is 2.02. The van der Waals surface area contributed by atoms with Gasteiger partial charge in [0.15, 0.2) is 0 Å². The van der Waals surface area contributed by atoms with Crippen molar-refractivity contribution in [3.63, 3.8) is 0 Å². The van der Waals surface area contributed by atoms with E-state index in [0.29, 0.717) is 10.7 Å². The van der Waals surface area contributed by atoms with E-state index in [1.165, 1.54) is 19.3 Å². The van der Waals surface area contributed by atoms with Gasteiger partial charge in [-0.1, -0.05) is 39.0 Å². The van der Waals surface area contributed by atoms with E-state index in [9.17, 15) is 0 Å². The van der Waals surface area contributed by atoms with E-state index in [-0.39, 0.29) is 6.04 Å².